The number of methoxy groups -OCH3 is 1. The van der Waals surface area contributed by atoms with Crippen LogP contribution in [-0.4, -0.2) is 36.1 Å². The van der Waals surface area contributed by atoms with Crippen molar-refractivity contribution in [1.82, 2.24) is 9.97 Å². The maximum atomic E-state index is 12.8. The van der Waals surface area contributed by atoms with Crippen LogP contribution in [0.25, 0.3) is 33.6 Å². The lowest BCUT2D eigenvalue weighted by molar-refractivity contribution is -0.141. The van der Waals surface area contributed by atoms with Gasteiger partial charge in [-0.25, -0.2) is 14.8 Å². The van der Waals surface area contributed by atoms with Gasteiger partial charge in [0.05, 0.1) is 12.5 Å². The molecular weight excluding hydrogens is 452 g/mol. The highest BCUT2D eigenvalue weighted by molar-refractivity contribution is 6.06. The Morgan fingerprint density at radius 2 is 1.58 bits per heavy atom. The molecule has 0 aliphatic carbocycles. The Hall–Kier alpha value is -4.65. The Morgan fingerprint density at radius 3 is 2.22 bits per heavy atom. The Labute approximate surface area is 209 Å². The predicted octanol–water partition coefficient (Wildman–Crippen LogP) is 5.79. The van der Waals surface area contributed by atoms with Crippen LogP contribution in [0.5, 0.6) is 0 Å². The summed E-state index contributed by atoms with van der Waals surface area (Å²) in [4.78, 5) is 21.7. The van der Waals surface area contributed by atoms with Crippen molar-refractivity contribution in [3.8, 4) is 22.5 Å². The fourth-order valence-corrected chi connectivity index (χ4v) is 4.26. The van der Waals surface area contributed by atoms with Crippen molar-refractivity contribution in [3.63, 3.8) is 0 Å². The molecule has 5 aromatic rings. The lowest BCUT2D eigenvalue weighted by Gasteiger charge is -2.18. The van der Waals surface area contributed by atoms with E-state index in [9.17, 15) is 4.79 Å². The highest BCUT2D eigenvalue weighted by Gasteiger charge is 2.26. The van der Waals surface area contributed by atoms with E-state index in [1.807, 2.05) is 92.0 Å². The topological polar surface area (TPSA) is 89.3 Å². The van der Waals surface area contributed by atoms with Crippen molar-refractivity contribution in [2.75, 3.05) is 24.8 Å². The first-order valence-electron chi connectivity index (χ1n) is 11.7. The summed E-state index contributed by atoms with van der Waals surface area (Å²) >= 11 is 0. The number of nitrogens with zero attached hydrogens (tertiary/aromatic N) is 2. The van der Waals surface area contributed by atoms with Gasteiger partial charge in [0.25, 0.3) is 0 Å². The van der Waals surface area contributed by atoms with E-state index < -0.39 is 6.04 Å². The van der Waals surface area contributed by atoms with Crippen molar-refractivity contribution in [3.05, 3.63) is 96.8 Å². The maximum Gasteiger partial charge on any atom is 0.328 e. The molecule has 0 radical (unpaired) electrons. The first-order valence-corrected chi connectivity index (χ1v) is 11.7. The van der Waals surface area contributed by atoms with Gasteiger partial charge in [0.15, 0.2) is 0 Å². The molecule has 0 saturated carbocycles. The molecule has 0 amide bonds. The molecule has 0 aliphatic rings. The number of benzene rings is 3. The molecule has 36 heavy (non-hydrogen) atoms. The van der Waals surface area contributed by atoms with Crippen molar-refractivity contribution in [2.45, 2.75) is 12.5 Å². The second-order valence-electron chi connectivity index (χ2n) is 8.31. The molecule has 0 saturated heterocycles. The van der Waals surface area contributed by atoms with E-state index >= 15 is 0 Å². The summed E-state index contributed by atoms with van der Waals surface area (Å²) in [7, 11) is 3.25. The van der Waals surface area contributed by atoms with E-state index in [-0.39, 0.29) is 5.97 Å². The second-order valence-corrected chi connectivity index (χ2v) is 8.31. The van der Waals surface area contributed by atoms with E-state index in [1.165, 1.54) is 13.4 Å². The number of anilines is 2. The molecule has 5 rings (SSSR count). The third kappa shape index (κ3) is 4.63. The van der Waals surface area contributed by atoms with Gasteiger partial charge in [0.1, 0.15) is 23.9 Å². The molecule has 180 valence electrons. The van der Waals surface area contributed by atoms with Gasteiger partial charge in [-0.2, -0.15) is 0 Å². The number of esters is 1. The van der Waals surface area contributed by atoms with Gasteiger partial charge < -0.3 is 19.8 Å². The first-order chi connectivity index (χ1) is 17.7. The zero-order valence-electron chi connectivity index (χ0n) is 20.1. The lowest BCUT2D eigenvalue weighted by Crippen LogP contribution is -2.33. The Morgan fingerprint density at radius 1 is 0.917 bits per heavy atom. The van der Waals surface area contributed by atoms with Gasteiger partial charge in [-0.1, -0.05) is 72.8 Å². The highest BCUT2D eigenvalue weighted by atomic mass is 16.5. The average Bonchev–Trinajstić information content (AvgIpc) is 3.34. The normalized spacial score (nSPS) is 11.7. The van der Waals surface area contributed by atoms with Crippen LogP contribution in [0.1, 0.15) is 5.56 Å². The minimum absolute atomic E-state index is 0.382. The molecule has 7 nitrogen and oxygen atoms in total. The van der Waals surface area contributed by atoms with Crippen LogP contribution in [-0.2, 0) is 16.0 Å². The first kappa shape index (κ1) is 23.1. The zero-order chi connectivity index (χ0) is 24.9. The number of hydrogen-bond donors (Lipinski definition) is 2. The third-order valence-electron chi connectivity index (χ3n) is 6.07. The molecular formula is C29H26N4O3. The lowest BCUT2D eigenvalue weighted by atomic mass is 9.99. The molecule has 0 spiro atoms. The molecule has 7 heteroatoms. The summed E-state index contributed by atoms with van der Waals surface area (Å²) in [6.07, 6.45) is 1.86. The third-order valence-corrected chi connectivity index (χ3v) is 6.07. The van der Waals surface area contributed by atoms with Crippen LogP contribution in [0.15, 0.2) is 95.7 Å². The number of hydrogen-bond acceptors (Lipinski definition) is 7. The predicted molar refractivity (Wildman–Crippen MR) is 142 cm³/mol. The van der Waals surface area contributed by atoms with E-state index in [0.29, 0.717) is 29.1 Å². The van der Waals surface area contributed by atoms with Crippen LogP contribution >= 0.6 is 0 Å². The SMILES string of the molecule is CNc1ccc(CC(Nc2ncnc3oc(-c4ccccc4)c(-c4ccccc4)c23)C(=O)OC)cc1. The van der Waals surface area contributed by atoms with Crippen molar-refractivity contribution in [2.24, 2.45) is 0 Å². The molecule has 2 heterocycles. The molecule has 0 aliphatic heterocycles. The minimum Gasteiger partial charge on any atom is -0.467 e. The van der Waals surface area contributed by atoms with Crippen molar-refractivity contribution < 1.29 is 13.9 Å². The number of nitrogens with one attached hydrogen (secondary N) is 2. The summed E-state index contributed by atoms with van der Waals surface area (Å²) in [6.45, 7) is 0. The van der Waals surface area contributed by atoms with Crippen LogP contribution in [0.2, 0.25) is 0 Å². The fraction of sp³-hybridized carbons (Fsp3) is 0.138. The van der Waals surface area contributed by atoms with E-state index in [1.54, 1.807) is 0 Å². The van der Waals surface area contributed by atoms with Gasteiger partial charge >= 0.3 is 5.97 Å². The van der Waals surface area contributed by atoms with Crippen LogP contribution in [0, 0.1) is 0 Å². The number of fused-ring (bicyclic) bond motifs is 1. The largest absolute Gasteiger partial charge is 0.467 e. The number of carbonyl (C=O) groups excluding carboxylic acids is 1. The van der Waals surface area contributed by atoms with Crippen LogP contribution < -0.4 is 10.6 Å². The van der Waals surface area contributed by atoms with E-state index in [2.05, 4.69) is 20.6 Å². The van der Waals surface area contributed by atoms with Gasteiger partial charge in [0, 0.05) is 30.3 Å². The molecule has 0 fully saturated rings. The standard InChI is InChI=1S/C29H26N4O3/c1-30-22-15-13-19(14-16-22)17-23(29(34)35-2)33-27-25-24(20-9-5-3-6-10-20)26(21-11-7-4-8-12-21)36-28(25)32-18-31-27/h3-16,18,23,30H,17H2,1-2H3,(H,31,32,33). The van der Waals surface area contributed by atoms with Gasteiger partial charge in [-0.05, 0) is 23.3 Å². The number of aromatic nitrogens is 2. The van der Waals surface area contributed by atoms with Gasteiger partial charge in [-0.3, -0.25) is 0 Å². The Kier molecular flexibility index (Phi) is 6.62. The Bertz CT molecular complexity index is 1470. The fourth-order valence-electron chi connectivity index (χ4n) is 4.26. The summed E-state index contributed by atoms with van der Waals surface area (Å²) in [5, 5.41) is 7.14. The van der Waals surface area contributed by atoms with E-state index in [4.69, 9.17) is 9.15 Å². The average molecular weight is 479 g/mol. The van der Waals surface area contributed by atoms with Crippen molar-refractivity contribution >= 4 is 28.6 Å². The summed E-state index contributed by atoms with van der Waals surface area (Å²) in [6, 6.07) is 27.1. The van der Waals surface area contributed by atoms with Crippen LogP contribution in [0.4, 0.5) is 11.5 Å². The van der Waals surface area contributed by atoms with Gasteiger partial charge in [0.2, 0.25) is 5.71 Å². The summed E-state index contributed by atoms with van der Waals surface area (Å²) < 4.78 is 11.4. The minimum atomic E-state index is -0.660. The zero-order valence-corrected chi connectivity index (χ0v) is 20.1. The molecule has 2 N–H and O–H groups in total. The maximum absolute atomic E-state index is 12.8. The van der Waals surface area contributed by atoms with Gasteiger partial charge in [-0.15, -0.1) is 0 Å². The number of ether oxygens (including phenoxy) is 1. The number of furan rings is 1. The summed E-state index contributed by atoms with van der Waals surface area (Å²) in [5.41, 5.74) is 5.18. The number of rotatable bonds is 8. The molecule has 1 unspecified atom stereocenters. The molecule has 3 aromatic carbocycles. The monoisotopic (exact) mass is 478 g/mol. The quantitative estimate of drug-likeness (QED) is 0.273. The highest BCUT2D eigenvalue weighted by Crippen LogP contribution is 2.42. The molecule has 0 bridgehead atoms. The number of carbonyl (C=O) groups is 1. The smallest absolute Gasteiger partial charge is 0.328 e. The van der Waals surface area contributed by atoms with E-state index in [0.717, 1.165) is 27.9 Å². The summed E-state index contributed by atoms with van der Waals surface area (Å²) in [5.74, 6) is 0.817. The molecule has 2 aromatic heterocycles. The second kappa shape index (κ2) is 10.3. The Balaban J connectivity index is 1.61. The van der Waals surface area contributed by atoms with Crippen LogP contribution in [0.3, 0.4) is 0 Å². The van der Waals surface area contributed by atoms with Crippen molar-refractivity contribution in [1.29, 1.82) is 0 Å². The molecule has 1 atom stereocenters.